The van der Waals surface area contributed by atoms with E-state index in [1.165, 1.54) is 35.0 Å². The van der Waals surface area contributed by atoms with Crippen LogP contribution in [0.15, 0.2) is 80.1 Å². The van der Waals surface area contributed by atoms with Gasteiger partial charge in [-0.25, -0.2) is 9.79 Å². The Bertz CT molecular complexity index is 1810. The third-order valence-corrected chi connectivity index (χ3v) is 7.53. The first-order valence-electron chi connectivity index (χ1n) is 11.5. The highest BCUT2D eigenvalue weighted by Gasteiger charge is 2.30. The van der Waals surface area contributed by atoms with Crippen LogP contribution < -0.4 is 19.6 Å². The van der Waals surface area contributed by atoms with Crippen LogP contribution in [0.5, 0.6) is 5.75 Å². The quantitative estimate of drug-likeness (QED) is 0.381. The second kappa shape index (κ2) is 9.92. The Labute approximate surface area is 225 Å². The van der Waals surface area contributed by atoms with Crippen LogP contribution in [0.3, 0.4) is 0 Å². The minimum absolute atomic E-state index is 0.0365. The van der Waals surface area contributed by atoms with E-state index >= 15 is 0 Å². The SMILES string of the molecule is COc1ccc([C@H]2C(C(C)=O)=C(C)N=c3s/c(=C/c4ccc(-c5ccc(Cl)c(C(=O)O)c5)o4)c(=O)n32)cc1. The van der Waals surface area contributed by atoms with Gasteiger partial charge in [0.2, 0.25) is 0 Å². The summed E-state index contributed by atoms with van der Waals surface area (Å²) in [5.74, 6) is 0.183. The van der Waals surface area contributed by atoms with Crippen LogP contribution in [0.4, 0.5) is 0 Å². The molecule has 3 heterocycles. The van der Waals surface area contributed by atoms with Gasteiger partial charge in [0.25, 0.3) is 5.56 Å². The standard InChI is InChI=1S/C28H21ClN2O6S/c1-14-24(15(2)32)25(16-4-7-18(36-3)8-5-16)31-26(33)23(38-28(31)30-14)13-19-9-11-22(37-19)17-6-10-21(29)20(12-17)27(34)35/h4-13,25H,1-3H3,(H,34,35)/b23-13+/t25-/m0/s1. The molecule has 10 heteroatoms. The van der Waals surface area contributed by atoms with E-state index in [0.717, 1.165) is 5.56 Å². The third-order valence-electron chi connectivity index (χ3n) is 6.21. The van der Waals surface area contributed by atoms with Crippen molar-refractivity contribution in [2.24, 2.45) is 4.99 Å². The van der Waals surface area contributed by atoms with Gasteiger partial charge in [0.15, 0.2) is 10.6 Å². The van der Waals surface area contributed by atoms with Gasteiger partial charge in [-0.15, -0.1) is 0 Å². The number of halogens is 1. The molecule has 0 saturated carbocycles. The highest BCUT2D eigenvalue weighted by atomic mass is 35.5. The van der Waals surface area contributed by atoms with E-state index in [9.17, 15) is 19.5 Å². The number of nitrogens with zero attached hydrogens (tertiary/aromatic N) is 2. The number of ether oxygens (including phenoxy) is 1. The van der Waals surface area contributed by atoms with Gasteiger partial charge in [0, 0.05) is 22.9 Å². The molecule has 1 aliphatic rings. The number of Topliss-reactive ketones (excluding diaryl/α,β-unsaturated/α-hetero) is 1. The van der Waals surface area contributed by atoms with Gasteiger partial charge in [-0.1, -0.05) is 35.1 Å². The zero-order valence-corrected chi connectivity index (χ0v) is 22.1. The maximum Gasteiger partial charge on any atom is 0.337 e. The number of carbonyl (C=O) groups is 2. The lowest BCUT2D eigenvalue weighted by atomic mass is 9.93. The van der Waals surface area contributed by atoms with Gasteiger partial charge in [-0.3, -0.25) is 14.2 Å². The Morgan fingerprint density at radius 3 is 2.55 bits per heavy atom. The number of rotatable bonds is 6. The Hall–Kier alpha value is -4.21. The van der Waals surface area contributed by atoms with Gasteiger partial charge in [-0.05, 0) is 61.9 Å². The summed E-state index contributed by atoms with van der Waals surface area (Å²) < 4.78 is 13.1. The molecule has 8 nitrogen and oxygen atoms in total. The second-order valence-electron chi connectivity index (χ2n) is 8.61. The summed E-state index contributed by atoms with van der Waals surface area (Å²) in [7, 11) is 1.57. The van der Waals surface area contributed by atoms with Crippen molar-refractivity contribution < 1.29 is 23.8 Å². The van der Waals surface area contributed by atoms with E-state index in [4.69, 9.17) is 20.8 Å². The fourth-order valence-electron chi connectivity index (χ4n) is 4.43. The van der Waals surface area contributed by atoms with Crippen molar-refractivity contribution in [1.29, 1.82) is 0 Å². The van der Waals surface area contributed by atoms with Crippen LogP contribution >= 0.6 is 22.9 Å². The predicted molar refractivity (Wildman–Crippen MR) is 144 cm³/mol. The smallest absolute Gasteiger partial charge is 0.337 e. The van der Waals surface area contributed by atoms with Crippen molar-refractivity contribution >= 4 is 40.8 Å². The maximum atomic E-state index is 13.6. The van der Waals surface area contributed by atoms with Gasteiger partial charge >= 0.3 is 5.97 Å². The van der Waals surface area contributed by atoms with Crippen molar-refractivity contribution in [3.05, 3.63) is 107 Å². The molecule has 1 aliphatic heterocycles. The minimum Gasteiger partial charge on any atom is -0.497 e. The Balaban J connectivity index is 1.61. The number of carbonyl (C=O) groups excluding carboxylic acids is 1. The fraction of sp³-hybridized carbons (Fsp3) is 0.143. The highest BCUT2D eigenvalue weighted by Crippen LogP contribution is 2.31. The number of fused-ring (bicyclic) bond motifs is 1. The van der Waals surface area contributed by atoms with Crippen molar-refractivity contribution in [3.8, 4) is 17.1 Å². The first kappa shape index (κ1) is 25.4. The summed E-state index contributed by atoms with van der Waals surface area (Å²) in [6, 6.07) is 14.6. The maximum absolute atomic E-state index is 13.6. The Morgan fingerprint density at radius 2 is 1.89 bits per heavy atom. The summed E-state index contributed by atoms with van der Waals surface area (Å²) >= 11 is 7.17. The van der Waals surface area contributed by atoms with E-state index in [1.54, 1.807) is 50.4 Å². The highest BCUT2D eigenvalue weighted by molar-refractivity contribution is 7.07. The largest absolute Gasteiger partial charge is 0.497 e. The number of thiazole rings is 1. The van der Waals surface area contributed by atoms with Crippen molar-refractivity contribution in [2.75, 3.05) is 7.11 Å². The lowest BCUT2D eigenvalue weighted by Gasteiger charge is -2.24. The zero-order chi connectivity index (χ0) is 27.1. The minimum atomic E-state index is -1.14. The van der Waals surface area contributed by atoms with Crippen molar-refractivity contribution in [3.63, 3.8) is 0 Å². The number of methoxy groups -OCH3 is 1. The number of ketones is 1. The summed E-state index contributed by atoms with van der Waals surface area (Å²) in [6.07, 6.45) is 1.61. The van der Waals surface area contributed by atoms with Gasteiger partial charge in [-0.2, -0.15) is 0 Å². The molecule has 0 aliphatic carbocycles. The number of hydrogen-bond donors (Lipinski definition) is 1. The molecular weight excluding hydrogens is 528 g/mol. The Morgan fingerprint density at radius 1 is 1.16 bits per heavy atom. The lowest BCUT2D eigenvalue weighted by molar-refractivity contribution is -0.114. The van der Waals surface area contributed by atoms with Gasteiger partial charge in [0.1, 0.15) is 17.3 Å². The van der Waals surface area contributed by atoms with E-state index in [1.807, 2.05) is 12.1 Å². The summed E-state index contributed by atoms with van der Waals surface area (Å²) in [5.41, 5.74) is 1.96. The molecule has 0 radical (unpaired) electrons. The molecule has 0 unspecified atom stereocenters. The molecule has 0 saturated heterocycles. The number of benzene rings is 2. The zero-order valence-electron chi connectivity index (χ0n) is 20.5. The fourth-order valence-corrected chi connectivity index (χ4v) is 5.65. The van der Waals surface area contributed by atoms with Crippen LogP contribution in [0.2, 0.25) is 5.02 Å². The molecule has 192 valence electrons. The van der Waals surface area contributed by atoms with Crippen LogP contribution in [0.25, 0.3) is 17.4 Å². The molecule has 1 atom stereocenters. The molecule has 4 aromatic rings. The summed E-state index contributed by atoms with van der Waals surface area (Å²) in [5, 5.41) is 9.48. The van der Waals surface area contributed by atoms with Crippen LogP contribution in [-0.2, 0) is 4.79 Å². The molecule has 1 N–H and O–H groups in total. The number of carboxylic acid groups (broad SMARTS) is 1. The lowest BCUT2D eigenvalue weighted by Crippen LogP contribution is -2.39. The van der Waals surface area contributed by atoms with Crippen molar-refractivity contribution in [1.82, 2.24) is 4.57 Å². The average Bonchev–Trinajstić information content (AvgIpc) is 3.47. The number of allylic oxidation sites excluding steroid dienone is 2. The van der Waals surface area contributed by atoms with E-state index in [-0.39, 0.29) is 21.9 Å². The number of hydrogen-bond acceptors (Lipinski definition) is 7. The van der Waals surface area contributed by atoms with Gasteiger partial charge in [0.05, 0.1) is 28.3 Å². The number of aromatic carboxylic acids is 1. The summed E-state index contributed by atoms with van der Waals surface area (Å²) in [6.45, 7) is 3.23. The topological polar surface area (TPSA) is 111 Å². The van der Waals surface area contributed by atoms with Crippen LogP contribution in [-0.4, -0.2) is 28.5 Å². The first-order chi connectivity index (χ1) is 18.2. The first-order valence-corrected chi connectivity index (χ1v) is 12.7. The van der Waals surface area contributed by atoms with Crippen LogP contribution in [0, 0.1) is 0 Å². The van der Waals surface area contributed by atoms with Crippen molar-refractivity contribution in [2.45, 2.75) is 19.9 Å². The van der Waals surface area contributed by atoms with E-state index in [2.05, 4.69) is 4.99 Å². The molecule has 5 rings (SSSR count). The number of aromatic nitrogens is 1. The third kappa shape index (κ3) is 4.51. The molecular formula is C28H21ClN2O6S. The average molecular weight is 549 g/mol. The molecule has 2 aromatic heterocycles. The normalized spacial score (nSPS) is 15.3. The monoisotopic (exact) mass is 548 g/mol. The molecule has 0 amide bonds. The molecule has 0 fully saturated rings. The second-order valence-corrected chi connectivity index (χ2v) is 10.0. The number of carboxylic acids is 1. The molecule has 38 heavy (non-hydrogen) atoms. The molecule has 2 aromatic carbocycles. The Kier molecular flexibility index (Phi) is 6.64. The number of furan rings is 1. The molecule has 0 bridgehead atoms. The van der Waals surface area contributed by atoms with Crippen LogP contribution in [0.1, 0.15) is 41.6 Å². The summed E-state index contributed by atoms with van der Waals surface area (Å²) in [4.78, 5) is 42.7. The molecule has 0 spiro atoms. The van der Waals surface area contributed by atoms with E-state index < -0.39 is 12.0 Å². The van der Waals surface area contributed by atoms with E-state index in [0.29, 0.717) is 43.4 Å². The predicted octanol–water partition coefficient (Wildman–Crippen LogP) is 4.44. The van der Waals surface area contributed by atoms with Gasteiger partial charge < -0.3 is 14.3 Å².